The van der Waals surface area contributed by atoms with Crippen LogP contribution in [-0.2, 0) is 4.74 Å². The van der Waals surface area contributed by atoms with Crippen molar-refractivity contribution in [2.75, 3.05) is 20.3 Å². The Bertz CT molecular complexity index is 111. The van der Waals surface area contributed by atoms with E-state index in [4.69, 9.17) is 4.74 Å². The van der Waals surface area contributed by atoms with Crippen LogP contribution in [0.25, 0.3) is 0 Å². The molecule has 0 aliphatic heterocycles. The van der Waals surface area contributed by atoms with Crippen molar-refractivity contribution in [3.8, 4) is 0 Å². The summed E-state index contributed by atoms with van der Waals surface area (Å²) in [6.45, 7) is 8.21. The highest BCUT2D eigenvalue weighted by Crippen LogP contribution is 2.31. The van der Waals surface area contributed by atoms with Crippen LogP contribution in [-0.4, -0.2) is 25.8 Å². The molecule has 1 fully saturated rings. The fraction of sp³-hybridized carbons (Fsp3) is 1.00. The normalized spacial score (nSPS) is 18.5. The van der Waals surface area contributed by atoms with Gasteiger partial charge in [-0.1, -0.05) is 20.8 Å². The molecule has 2 heteroatoms. The Morgan fingerprint density at radius 1 is 1.31 bits per heavy atom. The summed E-state index contributed by atoms with van der Waals surface area (Å²) in [6.07, 6.45) is 5.16. The van der Waals surface area contributed by atoms with Gasteiger partial charge in [-0.05, 0) is 32.2 Å². The zero-order valence-electron chi connectivity index (χ0n) is 9.65. The van der Waals surface area contributed by atoms with E-state index in [-0.39, 0.29) is 0 Å². The van der Waals surface area contributed by atoms with E-state index >= 15 is 0 Å². The Labute approximate surface area is 83.1 Å². The zero-order chi connectivity index (χ0) is 10.2. The standard InChI is InChI=1S/C9H19NO.C2H6/c1-3-7-10-9(8-11-2)5-4-6-9;1-2/h10H,3-8H2,1-2H3;1-2H3. The number of hydrogen-bond acceptors (Lipinski definition) is 2. The lowest BCUT2D eigenvalue weighted by molar-refractivity contribution is 0.0566. The predicted octanol–water partition coefficient (Wildman–Crippen LogP) is 2.58. The SMILES string of the molecule is CC.CCCNC1(COC)CCC1. The maximum Gasteiger partial charge on any atom is 0.0644 e. The van der Waals surface area contributed by atoms with E-state index in [0.717, 1.165) is 13.2 Å². The molecule has 0 atom stereocenters. The molecule has 1 aliphatic rings. The van der Waals surface area contributed by atoms with Crippen LogP contribution >= 0.6 is 0 Å². The Hall–Kier alpha value is -0.0800. The first-order chi connectivity index (χ1) is 6.33. The molecular formula is C11H25NO. The molecule has 0 amide bonds. The molecule has 0 aromatic rings. The van der Waals surface area contributed by atoms with Gasteiger partial charge in [0.1, 0.15) is 0 Å². The third-order valence-corrected chi connectivity index (χ3v) is 2.48. The molecule has 2 nitrogen and oxygen atoms in total. The minimum atomic E-state index is 0.352. The second-order valence-electron chi connectivity index (χ2n) is 3.49. The van der Waals surface area contributed by atoms with Crippen LogP contribution < -0.4 is 5.32 Å². The van der Waals surface area contributed by atoms with Gasteiger partial charge >= 0.3 is 0 Å². The highest BCUT2D eigenvalue weighted by atomic mass is 16.5. The molecule has 0 bridgehead atoms. The molecule has 1 aliphatic carbocycles. The molecule has 80 valence electrons. The molecule has 1 rings (SSSR count). The average Bonchev–Trinajstić information content (AvgIpc) is 2.13. The quantitative estimate of drug-likeness (QED) is 0.714. The molecule has 0 aromatic carbocycles. The van der Waals surface area contributed by atoms with E-state index in [9.17, 15) is 0 Å². The summed E-state index contributed by atoms with van der Waals surface area (Å²) in [7, 11) is 1.79. The molecule has 0 aromatic heterocycles. The largest absolute Gasteiger partial charge is 0.383 e. The summed E-state index contributed by atoms with van der Waals surface area (Å²) in [5, 5.41) is 3.56. The Morgan fingerprint density at radius 3 is 2.23 bits per heavy atom. The van der Waals surface area contributed by atoms with Crippen LogP contribution in [0, 0.1) is 0 Å². The summed E-state index contributed by atoms with van der Waals surface area (Å²) in [5.74, 6) is 0. The van der Waals surface area contributed by atoms with Gasteiger partial charge in [0, 0.05) is 12.6 Å². The Morgan fingerprint density at radius 2 is 1.92 bits per heavy atom. The monoisotopic (exact) mass is 187 g/mol. The fourth-order valence-corrected chi connectivity index (χ4v) is 1.64. The molecule has 1 N–H and O–H groups in total. The van der Waals surface area contributed by atoms with Gasteiger partial charge in [-0.15, -0.1) is 0 Å². The van der Waals surface area contributed by atoms with Crippen molar-refractivity contribution < 1.29 is 4.74 Å². The van der Waals surface area contributed by atoms with Crippen LogP contribution in [0.15, 0.2) is 0 Å². The smallest absolute Gasteiger partial charge is 0.0644 e. The Kier molecular flexibility index (Phi) is 7.29. The molecule has 0 saturated heterocycles. The van der Waals surface area contributed by atoms with Crippen molar-refractivity contribution in [3.05, 3.63) is 0 Å². The summed E-state index contributed by atoms with van der Waals surface area (Å²) >= 11 is 0. The van der Waals surface area contributed by atoms with E-state index in [2.05, 4.69) is 12.2 Å². The lowest BCUT2D eigenvalue weighted by atomic mass is 9.77. The molecule has 0 heterocycles. The minimum absolute atomic E-state index is 0.352. The summed E-state index contributed by atoms with van der Waals surface area (Å²) in [4.78, 5) is 0. The van der Waals surface area contributed by atoms with Gasteiger partial charge in [-0.3, -0.25) is 0 Å². The molecule has 13 heavy (non-hydrogen) atoms. The van der Waals surface area contributed by atoms with E-state index in [1.165, 1.54) is 25.7 Å². The van der Waals surface area contributed by atoms with Crippen LogP contribution in [0.5, 0.6) is 0 Å². The third kappa shape index (κ3) is 4.10. The molecule has 0 spiro atoms. The zero-order valence-corrected chi connectivity index (χ0v) is 9.65. The first-order valence-corrected chi connectivity index (χ1v) is 5.57. The summed E-state index contributed by atoms with van der Waals surface area (Å²) < 4.78 is 5.18. The topological polar surface area (TPSA) is 21.3 Å². The van der Waals surface area contributed by atoms with Gasteiger partial charge in [0.15, 0.2) is 0 Å². The van der Waals surface area contributed by atoms with E-state index in [1.807, 2.05) is 13.8 Å². The van der Waals surface area contributed by atoms with Crippen LogP contribution in [0.3, 0.4) is 0 Å². The van der Waals surface area contributed by atoms with Gasteiger partial charge in [-0.25, -0.2) is 0 Å². The van der Waals surface area contributed by atoms with Gasteiger partial charge in [0.25, 0.3) is 0 Å². The highest BCUT2D eigenvalue weighted by Gasteiger charge is 2.35. The lowest BCUT2D eigenvalue weighted by Gasteiger charge is -2.42. The van der Waals surface area contributed by atoms with Crippen LogP contribution in [0.2, 0.25) is 0 Å². The first kappa shape index (κ1) is 12.9. The number of methoxy groups -OCH3 is 1. The van der Waals surface area contributed by atoms with Gasteiger partial charge < -0.3 is 10.1 Å². The molecular weight excluding hydrogens is 162 g/mol. The predicted molar refractivity (Wildman–Crippen MR) is 58.1 cm³/mol. The average molecular weight is 187 g/mol. The van der Waals surface area contributed by atoms with Crippen molar-refractivity contribution >= 4 is 0 Å². The van der Waals surface area contributed by atoms with Crippen molar-refractivity contribution in [2.24, 2.45) is 0 Å². The number of hydrogen-bond donors (Lipinski definition) is 1. The fourth-order valence-electron chi connectivity index (χ4n) is 1.64. The highest BCUT2D eigenvalue weighted by molar-refractivity contribution is 4.95. The second-order valence-corrected chi connectivity index (χ2v) is 3.49. The minimum Gasteiger partial charge on any atom is -0.383 e. The third-order valence-electron chi connectivity index (χ3n) is 2.48. The maximum absolute atomic E-state index is 5.18. The van der Waals surface area contributed by atoms with Gasteiger partial charge in [-0.2, -0.15) is 0 Å². The summed E-state index contributed by atoms with van der Waals surface area (Å²) in [6, 6.07) is 0. The van der Waals surface area contributed by atoms with Crippen molar-refractivity contribution in [2.45, 2.75) is 52.0 Å². The van der Waals surface area contributed by atoms with E-state index in [1.54, 1.807) is 7.11 Å². The van der Waals surface area contributed by atoms with Crippen LogP contribution in [0.4, 0.5) is 0 Å². The van der Waals surface area contributed by atoms with Crippen molar-refractivity contribution in [3.63, 3.8) is 0 Å². The van der Waals surface area contributed by atoms with Crippen molar-refractivity contribution in [1.29, 1.82) is 0 Å². The number of rotatable bonds is 5. The van der Waals surface area contributed by atoms with Gasteiger partial charge in [0.2, 0.25) is 0 Å². The lowest BCUT2D eigenvalue weighted by Crippen LogP contribution is -2.54. The molecule has 0 radical (unpaired) electrons. The number of ether oxygens (including phenoxy) is 1. The summed E-state index contributed by atoms with van der Waals surface area (Å²) in [5.41, 5.74) is 0.352. The first-order valence-electron chi connectivity index (χ1n) is 5.57. The molecule has 1 saturated carbocycles. The molecule has 0 unspecified atom stereocenters. The van der Waals surface area contributed by atoms with E-state index in [0.29, 0.717) is 5.54 Å². The maximum atomic E-state index is 5.18. The Balaban J connectivity index is 0.000000671. The van der Waals surface area contributed by atoms with Crippen LogP contribution in [0.1, 0.15) is 46.5 Å². The number of nitrogens with one attached hydrogen (secondary N) is 1. The van der Waals surface area contributed by atoms with E-state index < -0.39 is 0 Å². The van der Waals surface area contributed by atoms with Crippen molar-refractivity contribution in [1.82, 2.24) is 5.32 Å². The van der Waals surface area contributed by atoms with Gasteiger partial charge in [0.05, 0.1) is 6.61 Å². The second kappa shape index (κ2) is 7.34.